The molecule has 0 bridgehead atoms. The van der Waals surface area contributed by atoms with Crippen molar-refractivity contribution in [3.63, 3.8) is 0 Å². The Labute approximate surface area is 204 Å². The molecule has 0 radical (unpaired) electrons. The van der Waals surface area contributed by atoms with Crippen LogP contribution in [0.25, 0.3) is 11.0 Å². The van der Waals surface area contributed by atoms with Gasteiger partial charge < -0.3 is 15.6 Å². The van der Waals surface area contributed by atoms with Crippen LogP contribution in [0.3, 0.4) is 0 Å². The average Bonchev–Trinajstić information content (AvgIpc) is 3.31. The van der Waals surface area contributed by atoms with Gasteiger partial charge in [0.15, 0.2) is 5.78 Å². The van der Waals surface area contributed by atoms with Crippen molar-refractivity contribution in [2.75, 3.05) is 10.6 Å². The van der Waals surface area contributed by atoms with Gasteiger partial charge in [-0.3, -0.25) is 9.78 Å². The lowest BCUT2D eigenvalue weighted by Crippen LogP contribution is -2.32. The molecule has 0 aromatic carbocycles. The molecule has 5 rings (SSSR count). The summed E-state index contributed by atoms with van der Waals surface area (Å²) in [6.45, 7) is 2.00. The number of carbonyl (C=O) groups is 1. The lowest BCUT2D eigenvalue weighted by molar-refractivity contribution is -0.0361. The zero-order valence-electron chi connectivity index (χ0n) is 19.5. The first-order valence-corrected chi connectivity index (χ1v) is 11.7. The van der Waals surface area contributed by atoms with Crippen LogP contribution in [-0.4, -0.2) is 42.7 Å². The van der Waals surface area contributed by atoms with E-state index in [0.717, 1.165) is 12.1 Å². The number of ketones is 1. The molecule has 1 fully saturated rings. The fourth-order valence-corrected chi connectivity index (χ4v) is 4.30. The summed E-state index contributed by atoms with van der Waals surface area (Å²) < 4.78 is 42.0. The van der Waals surface area contributed by atoms with E-state index < -0.39 is 17.7 Å². The van der Waals surface area contributed by atoms with E-state index in [1.807, 2.05) is 19.1 Å². The molecule has 1 aliphatic rings. The first kappa shape index (κ1) is 23.7. The summed E-state index contributed by atoms with van der Waals surface area (Å²) in [5.74, 6) is -3.61. The number of alkyl halides is 2. The Morgan fingerprint density at radius 1 is 1.11 bits per heavy atom. The van der Waals surface area contributed by atoms with Crippen LogP contribution in [0.15, 0.2) is 43.0 Å². The van der Waals surface area contributed by atoms with Crippen LogP contribution in [0, 0.1) is 5.95 Å². The van der Waals surface area contributed by atoms with Crippen LogP contribution in [0.5, 0.6) is 0 Å². The molecule has 0 spiro atoms. The summed E-state index contributed by atoms with van der Waals surface area (Å²) in [6.07, 6.45) is 5.31. The molecular formula is C25H24F3N7O. The predicted molar refractivity (Wildman–Crippen MR) is 129 cm³/mol. The summed E-state index contributed by atoms with van der Waals surface area (Å²) >= 11 is 0. The minimum absolute atomic E-state index is 0.162. The molecule has 0 unspecified atom stereocenters. The molecule has 186 valence electrons. The number of nitrogens with one attached hydrogen (secondary N) is 3. The Kier molecular flexibility index (Phi) is 6.29. The van der Waals surface area contributed by atoms with Crippen molar-refractivity contribution in [1.29, 1.82) is 0 Å². The number of aryl methyl sites for hydroxylation is 1. The normalized spacial score (nSPS) is 15.7. The lowest BCUT2D eigenvalue weighted by atomic mass is 9.92. The monoisotopic (exact) mass is 495 g/mol. The third-order valence-electron chi connectivity index (χ3n) is 6.33. The number of H-pyrrole nitrogens is 1. The third kappa shape index (κ3) is 4.86. The lowest BCUT2D eigenvalue weighted by Gasteiger charge is -2.29. The van der Waals surface area contributed by atoms with Gasteiger partial charge >= 0.3 is 0 Å². The molecule has 0 atom stereocenters. The minimum Gasteiger partial charge on any atom is -0.367 e. The number of carbonyl (C=O) groups excluding carboxylic acids is 1. The van der Waals surface area contributed by atoms with Gasteiger partial charge in [0.05, 0.1) is 28.4 Å². The van der Waals surface area contributed by atoms with Gasteiger partial charge in [0.1, 0.15) is 23.6 Å². The number of halogens is 3. The van der Waals surface area contributed by atoms with Gasteiger partial charge in [-0.2, -0.15) is 4.39 Å². The predicted octanol–water partition coefficient (Wildman–Crippen LogP) is 5.41. The van der Waals surface area contributed by atoms with Crippen LogP contribution in [-0.2, 0) is 6.42 Å². The van der Waals surface area contributed by atoms with Gasteiger partial charge in [0.25, 0.3) is 0 Å². The van der Waals surface area contributed by atoms with Crippen molar-refractivity contribution in [2.45, 2.75) is 51.0 Å². The highest BCUT2D eigenvalue weighted by molar-refractivity contribution is 6.18. The molecule has 36 heavy (non-hydrogen) atoms. The van der Waals surface area contributed by atoms with Gasteiger partial charge in [0, 0.05) is 30.8 Å². The van der Waals surface area contributed by atoms with Crippen LogP contribution in [0.1, 0.15) is 54.2 Å². The number of aromatic nitrogens is 5. The van der Waals surface area contributed by atoms with E-state index in [9.17, 15) is 18.0 Å². The Morgan fingerprint density at radius 3 is 2.61 bits per heavy atom. The second-order valence-corrected chi connectivity index (χ2v) is 8.80. The van der Waals surface area contributed by atoms with Crippen molar-refractivity contribution >= 4 is 34.1 Å². The second-order valence-electron chi connectivity index (χ2n) is 8.80. The molecule has 8 nitrogen and oxygen atoms in total. The Hall–Kier alpha value is -4.02. The number of nitrogens with zero attached hydrogens (tertiary/aromatic N) is 4. The van der Waals surface area contributed by atoms with Gasteiger partial charge in [-0.15, -0.1) is 0 Å². The number of aromatic amines is 1. The molecular weight excluding hydrogens is 471 g/mol. The van der Waals surface area contributed by atoms with E-state index >= 15 is 0 Å². The highest BCUT2D eigenvalue weighted by atomic mass is 19.3. The number of fused-ring (bicyclic) bond motifs is 1. The van der Waals surface area contributed by atoms with Gasteiger partial charge in [-0.1, -0.05) is 6.92 Å². The van der Waals surface area contributed by atoms with E-state index in [2.05, 4.69) is 35.6 Å². The van der Waals surface area contributed by atoms with Crippen molar-refractivity contribution in [3.05, 3.63) is 65.8 Å². The topological polar surface area (TPSA) is 108 Å². The maximum atomic E-state index is 14.9. The number of rotatable bonds is 7. The Balaban J connectivity index is 1.38. The van der Waals surface area contributed by atoms with E-state index in [1.165, 1.54) is 24.7 Å². The molecule has 0 aliphatic heterocycles. The molecule has 1 aliphatic carbocycles. The van der Waals surface area contributed by atoms with Gasteiger partial charge in [0.2, 0.25) is 11.9 Å². The molecule has 0 saturated heterocycles. The van der Waals surface area contributed by atoms with E-state index in [4.69, 9.17) is 0 Å². The van der Waals surface area contributed by atoms with Crippen molar-refractivity contribution in [2.24, 2.45) is 0 Å². The van der Waals surface area contributed by atoms with Crippen LogP contribution in [0.2, 0.25) is 0 Å². The van der Waals surface area contributed by atoms with Crippen LogP contribution in [0.4, 0.5) is 30.5 Å². The quantitative estimate of drug-likeness (QED) is 0.232. The molecule has 11 heteroatoms. The highest BCUT2D eigenvalue weighted by Gasteiger charge is 2.35. The number of hydrogen-bond donors (Lipinski definition) is 3. The third-order valence-corrected chi connectivity index (χ3v) is 6.33. The smallest absolute Gasteiger partial charge is 0.248 e. The Bertz CT molecular complexity index is 1390. The number of pyridine rings is 2. The van der Waals surface area contributed by atoms with Crippen molar-refractivity contribution in [1.82, 2.24) is 24.9 Å². The van der Waals surface area contributed by atoms with E-state index in [-0.39, 0.29) is 48.7 Å². The van der Waals surface area contributed by atoms with Crippen molar-refractivity contribution in [3.8, 4) is 0 Å². The summed E-state index contributed by atoms with van der Waals surface area (Å²) in [7, 11) is 0. The number of hydrogen-bond acceptors (Lipinski definition) is 7. The fraction of sp³-hybridized carbons (Fsp3) is 0.320. The minimum atomic E-state index is -2.66. The van der Waals surface area contributed by atoms with E-state index in [1.54, 1.807) is 6.20 Å². The van der Waals surface area contributed by atoms with Crippen LogP contribution < -0.4 is 10.6 Å². The molecule has 0 amide bonds. The maximum Gasteiger partial charge on any atom is 0.248 e. The van der Waals surface area contributed by atoms with Crippen LogP contribution >= 0.6 is 0 Å². The van der Waals surface area contributed by atoms with E-state index in [0.29, 0.717) is 22.5 Å². The zero-order valence-corrected chi connectivity index (χ0v) is 19.5. The molecule has 4 aromatic heterocycles. The summed E-state index contributed by atoms with van der Waals surface area (Å²) in [4.78, 5) is 32.8. The SMILES string of the molecule is CCc1ccc(Nc2ccc(C(=O)c3c[nH]c4ncnc(NC5CCC(F)(F)CC5)c34)c(F)n2)cn1. The number of anilines is 3. The maximum absolute atomic E-state index is 14.9. The average molecular weight is 496 g/mol. The summed E-state index contributed by atoms with van der Waals surface area (Å²) in [6, 6.07) is 6.33. The standard InChI is InChI=1S/C25H24F3N7O/c1-2-14-3-4-16(11-29-14)33-19-6-5-17(22(26)35-19)21(36)18-12-30-23-20(18)24(32-13-31-23)34-15-7-9-25(27,28)10-8-15/h3-6,11-13,15H,2,7-10H2,1H3,(H,33,35)(H2,30,31,32,34). The first-order chi connectivity index (χ1) is 17.3. The molecule has 3 N–H and O–H groups in total. The van der Waals surface area contributed by atoms with Gasteiger partial charge in [-0.05, 0) is 43.5 Å². The van der Waals surface area contributed by atoms with Gasteiger partial charge in [-0.25, -0.2) is 23.7 Å². The highest BCUT2D eigenvalue weighted by Crippen LogP contribution is 2.35. The summed E-state index contributed by atoms with van der Waals surface area (Å²) in [5.41, 5.74) is 1.90. The fourth-order valence-electron chi connectivity index (χ4n) is 4.30. The summed E-state index contributed by atoms with van der Waals surface area (Å²) in [5, 5.41) is 6.52. The van der Waals surface area contributed by atoms with Crippen molar-refractivity contribution < 1.29 is 18.0 Å². The molecule has 4 heterocycles. The molecule has 4 aromatic rings. The second kappa shape index (κ2) is 9.56. The zero-order chi connectivity index (χ0) is 25.3. The first-order valence-electron chi connectivity index (χ1n) is 11.7. The molecule has 1 saturated carbocycles. The largest absolute Gasteiger partial charge is 0.367 e. The Morgan fingerprint density at radius 2 is 1.92 bits per heavy atom.